The number of aliphatic hydroxyl groups is 1. The summed E-state index contributed by atoms with van der Waals surface area (Å²) in [6, 6.07) is 12.8. The predicted molar refractivity (Wildman–Crippen MR) is 101 cm³/mol. The highest BCUT2D eigenvalue weighted by atomic mass is 16.4. The second kappa shape index (κ2) is 6.65. The van der Waals surface area contributed by atoms with Gasteiger partial charge in [-0.15, -0.1) is 0 Å². The molecule has 2 aromatic rings. The van der Waals surface area contributed by atoms with Crippen molar-refractivity contribution in [2.24, 2.45) is 11.3 Å². The highest BCUT2D eigenvalue weighted by Crippen LogP contribution is 2.43. The number of likely N-dealkylation sites (tertiary alicyclic amines) is 2. The van der Waals surface area contributed by atoms with Crippen LogP contribution in [-0.4, -0.2) is 65.3 Å². The van der Waals surface area contributed by atoms with Crippen molar-refractivity contribution >= 4 is 16.7 Å². The van der Waals surface area contributed by atoms with Crippen LogP contribution < -0.4 is 0 Å². The third-order valence-electron chi connectivity index (χ3n) is 6.22. The Hall–Kier alpha value is -1.95. The number of rotatable bonds is 5. The SMILES string of the molecule is Cc1cccc2c(CN3C[C@H]4CN(CCO)C[C@@]4(C(=O)O)C3)cccc12. The van der Waals surface area contributed by atoms with Crippen molar-refractivity contribution in [2.45, 2.75) is 13.5 Å². The Morgan fingerprint density at radius 3 is 2.54 bits per heavy atom. The Kier molecular flexibility index (Phi) is 4.47. The van der Waals surface area contributed by atoms with Gasteiger partial charge in [-0.25, -0.2) is 0 Å². The lowest BCUT2D eigenvalue weighted by atomic mass is 9.81. The monoisotopic (exact) mass is 354 g/mol. The number of aliphatic hydroxyl groups excluding tert-OH is 1. The summed E-state index contributed by atoms with van der Waals surface area (Å²) in [5.74, 6) is -0.567. The Morgan fingerprint density at radius 2 is 1.81 bits per heavy atom. The number of aliphatic carboxylic acids is 1. The van der Waals surface area contributed by atoms with E-state index in [1.54, 1.807) is 0 Å². The van der Waals surface area contributed by atoms with E-state index in [1.807, 2.05) is 0 Å². The summed E-state index contributed by atoms with van der Waals surface area (Å²) in [6.07, 6.45) is 0. The zero-order valence-corrected chi connectivity index (χ0v) is 15.2. The van der Waals surface area contributed by atoms with Crippen LogP contribution in [0, 0.1) is 18.3 Å². The molecule has 2 saturated heterocycles. The third-order valence-corrected chi connectivity index (χ3v) is 6.22. The van der Waals surface area contributed by atoms with Crippen LogP contribution in [0.2, 0.25) is 0 Å². The van der Waals surface area contributed by atoms with E-state index in [9.17, 15) is 15.0 Å². The van der Waals surface area contributed by atoms with Gasteiger partial charge in [0.25, 0.3) is 0 Å². The molecule has 0 unspecified atom stereocenters. The van der Waals surface area contributed by atoms with Gasteiger partial charge in [0.1, 0.15) is 0 Å². The molecule has 5 heteroatoms. The minimum atomic E-state index is -0.699. The van der Waals surface area contributed by atoms with Gasteiger partial charge in [0.15, 0.2) is 0 Å². The minimum Gasteiger partial charge on any atom is -0.481 e. The number of β-amino-alcohol motifs (C(OH)–C–C–N with tert-alkyl or cyclic N) is 1. The van der Waals surface area contributed by atoms with Crippen LogP contribution in [0.3, 0.4) is 0 Å². The fourth-order valence-corrected chi connectivity index (χ4v) is 4.92. The highest BCUT2D eigenvalue weighted by Gasteiger charge is 2.57. The fourth-order valence-electron chi connectivity index (χ4n) is 4.92. The van der Waals surface area contributed by atoms with Crippen molar-refractivity contribution in [3.05, 3.63) is 47.5 Å². The summed E-state index contributed by atoms with van der Waals surface area (Å²) in [5, 5.41) is 21.6. The van der Waals surface area contributed by atoms with E-state index >= 15 is 0 Å². The van der Waals surface area contributed by atoms with Crippen molar-refractivity contribution < 1.29 is 15.0 Å². The molecular weight excluding hydrogens is 328 g/mol. The molecule has 26 heavy (non-hydrogen) atoms. The van der Waals surface area contributed by atoms with Crippen LogP contribution in [0.1, 0.15) is 11.1 Å². The Bertz CT molecular complexity index is 837. The number of benzene rings is 2. The van der Waals surface area contributed by atoms with Crippen LogP contribution in [0.25, 0.3) is 10.8 Å². The summed E-state index contributed by atoms with van der Waals surface area (Å²) >= 11 is 0. The Labute approximate surface area is 153 Å². The molecule has 2 aliphatic heterocycles. The van der Waals surface area contributed by atoms with Crippen LogP contribution in [-0.2, 0) is 11.3 Å². The molecule has 2 fully saturated rings. The molecule has 0 aliphatic carbocycles. The van der Waals surface area contributed by atoms with Gasteiger partial charge in [-0.1, -0.05) is 36.4 Å². The van der Waals surface area contributed by atoms with Crippen LogP contribution >= 0.6 is 0 Å². The number of hydrogen-bond donors (Lipinski definition) is 2. The number of carboxylic acids is 1. The lowest BCUT2D eigenvalue weighted by Gasteiger charge is -2.25. The maximum atomic E-state index is 12.1. The largest absolute Gasteiger partial charge is 0.481 e. The van der Waals surface area contributed by atoms with E-state index in [4.69, 9.17) is 0 Å². The van der Waals surface area contributed by atoms with E-state index in [0.717, 1.165) is 19.6 Å². The first-order valence-electron chi connectivity index (χ1n) is 9.30. The smallest absolute Gasteiger partial charge is 0.312 e. The van der Waals surface area contributed by atoms with E-state index in [-0.39, 0.29) is 12.5 Å². The van der Waals surface area contributed by atoms with Crippen molar-refractivity contribution in [2.75, 3.05) is 39.3 Å². The van der Waals surface area contributed by atoms with Gasteiger partial charge in [-0.05, 0) is 28.8 Å². The normalized spacial score (nSPS) is 26.5. The lowest BCUT2D eigenvalue weighted by molar-refractivity contribution is -0.149. The van der Waals surface area contributed by atoms with Crippen molar-refractivity contribution in [3.63, 3.8) is 0 Å². The molecule has 0 bridgehead atoms. The first-order chi connectivity index (χ1) is 12.5. The van der Waals surface area contributed by atoms with Gasteiger partial charge in [-0.3, -0.25) is 14.6 Å². The molecule has 2 atom stereocenters. The summed E-state index contributed by atoms with van der Waals surface area (Å²) in [4.78, 5) is 16.5. The average molecular weight is 354 g/mol. The molecule has 5 nitrogen and oxygen atoms in total. The maximum Gasteiger partial charge on any atom is 0.312 e. The Balaban J connectivity index is 1.57. The van der Waals surface area contributed by atoms with Gasteiger partial charge in [0, 0.05) is 45.2 Å². The maximum absolute atomic E-state index is 12.1. The molecule has 4 rings (SSSR count). The number of nitrogens with zero attached hydrogens (tertiary/aromatic N) is 2. The van der Waals surface area contributed by atoms with Crippen LogP contribution in [0.4, 0.5) is 0 Å². The van der Waals surface area contributed by atoms with Crippen molar-refractivity contribution in [3.8, 4) is 0 Å². The van der Waals surface area contributed by atoms with Gasteiger partial charge >= 0.3 is 5.97 Å². The molecule has 2 heterocycles. The second-order valence-electron chi connectivity index (χ2n) is 7.87. The Morgan fingerprint density at radius 1 is 1.12 bits per heavy atom. The number of carbonyl (C=O) groups is 1. The molecule has 2 N–H and O–H groups in total. The number of aryl methyl sites for hydroxylation is 1. The molecule has 0 spiro atoms. The molecule has 0 saturated carbocycles. The second-order valence-corrected chi connectivity index (χ2v) is 7.87. The zero-order chi connectivity index (χ0) is 18.3. The first-order valence-corrected chi connectivity index (χ1v) is 9.30. The first kappa shape index (κ1) is 17.5. The standard InChI is InChI=1S/C21H26N2O3/c1-15-4-2-7-19-16(5-3-6-18(15)19)10-23-12-17-11-22(8-9-24)13-21(17,14-23)20(25)26/h2-7,17,24H,8-14H2,1H3,(H,25,26)/t17-,21-/m1/s1. The predicted octanol–water partition coefficient (Wildman–Crippen LogP) is 1.96. The molecule has 0 radical (unpaired) electrons. The topological polar surface area (TPSA) is 64.0 Å². The summed E-state index contributed by atoms with van der Waals surface area (Å²) in [6.45, 7) is 6.24. The number of fused-ring (bicyclic) bond motifs is 2. The van der Waals surface area contributed by atoms with E-state index in [1.165, 1.54) is 21.9 Å². The molecule has 0 aromatic heterocycles. The van der Waals surface area contributed by atoms with Gasteiger partial charge in [0.2, 0.25) is 0 Å². The van der Waals surface area contributed by atoms with E-state index < -0.39 is 11.4 Å². The summed E-state index contributed by atoms with van der Waals surface area (Å²) in [5.41, 5.74) is 1.83. The van der Waals surface area contributed by atoms with Crippen LogP contribution in [0.15, 0.2) is 36.4 Å². The summed E-state index contributed by atoms with van der Waals surface area (Å²) < 4.78 is 0. The number of carboxylic acid groups (broad SMARTS) is 1. The quantitative estimate of drug-likeness (QED) is 0.859. The van der Waals surface area contributed by atoms with E-state index in [2.05, 4.69) is 53.1 Å². The number of hydrogen-bond acceptors (Lipinski definition) is 4. The average Bonchev–Trinajstić information content (AvgIpc) is 3.10. The third kappa shape index (κ3) is 2.80. The van der Waals surface area contributed by atoms with Gasteiger partial charge < -0.3 is 10.2 Å². The molecule has 138 valence electrons. The zero-order valence-electron chi connectivity index (χ0n) is 15.2. The highest BCUT2D eigenvalue weighted by molar-refractivity contribution is 5.88. The van der Waals surface area contributed by atoms with Crippen LogP contribution in [0.5, 0.6) is 0 Å². The van der Waals surface area contributed by atoms with Crippen molar-refractivity contribution in [1.29, 1.82) is 0 Å². The fraction of sp³-hybridized carbons (Fsp3) is 0.476. The summed E-state index contributed by atoms with van der Waals surface area (Å²) in [7, 11) is 0. The molecule has 2 aromatic carbocycles. The molecule has 0 amide bonds. The van der Waals surface area contributed by atoms with Gasteiger partial charge in [0.05, 0.1) is 12.0 Å². The van der Waals surface area contributed by atoms with Crippen molar-refractivity contribution in [1.82, 2.24) is 9.80 Å². The van der Waals surface area contributed by atoms with Gasteiger partial charge in [-0.2, -0.15) is 0 Å². The minimum absolute atomic E-state index is 0.0848. The molecule has 2 aliphatic rings. The lowest BCUT2D eigenvalue weighted by Crippen LogP contribution is -2.41. The van der Waals surface area contributed by atoms with E-state index in [0.29, 0.717) is 19.6 Å². The molecular formula is C21H26N2O3.